The van der Waals surface area contributed by atoms with Gasteiger partial charge in [-0.1, -0.05) is 0 Å². The van der Waals surface area contributed by atoms with Crippen LogP contribution in [0.15, 0.2) is 11.1 Å². The van der Waals surface area contributed by atoms with Crippen molar-refractivity contribution in [1.29, 1.82) is 0 Å². The molecule has 28 heavy (non-hydrogen) atoms. The van der Waals surface area contributed by atoms with Gasteiger partial charge in [-0.15, -0.1) is 0 Å². The van der Waals surface area contributed by atoms with Gasteiger partial charge in [-0.25, -0.2) is 8.42 Å². The van der Waals surface area contributed by atoms with Crippen LogP contribution in [0.2, 0.25) is 0 Å². The van der Waals surface area contributed by atoms with Gasteiger partial charge in [-0.3, -0.25) is 4.68 Å². The molecule has 2 aliphatic heterocycles. The summed E-state index contributed by atoms with van der Waals surface area (Å²) in [4.78, 5) is 0. The van der Waals surface area contributed by atoms with Crippen LogP contribution >= 0.6 is 0 Å². The fraction of sp³-hybridized carbons (Fsp3) is 0.850. The first kappa shape index (κ1) is 19.0. The summed E-state index contributed by atoms with van der Waals surface area (Å²) in [7, 11) is -1.69. The maximum Gasteiger partial charge on any atom is 0.260 e. The number of hydrogen-bond acceptors (Lipinski definition) is 5. The van der Waals surface area contributed by atoms with Crippen molar-refractivity contribution >= 4 is 10.0 Å². The van der Waals surface area contributed by atoms with Crippen LogP contribution in [0.25, 0.3) is 0 Å². The zero-order chi connectivity index (χ0) is 19.3. The highest BCUT2D eigenvalue weighted by Gasteiger charge is 2.45. The topological polar surface area (TPSA) is 76.5 Å². The van der Waals surface area contributed by atoms with Gasteiger partial charge in [-0.2, -0.15) is 9.40 Å². The standard InChI is InChI=1S/C20H32N4O3S/c1-23-20(10-19(22-23)15-2-3-15)28(25,26)24-12-16-8-18(9-17(16)13-24)21-11-14-4-6-27-7-5-14/h10,14-18,21H,2-9,11-13H2,1H3. The van der Waals surface area contributed by atoms with Gasteiger partial charge in [0, 0.05) is 51.4 Å². The predicted molar refractivity (Wildman–Crippen MR) is 105 cm³/mol. The first-order valence-corrected chi connectivity index (χ1v) is 12.3. The predicted octanol–water partition coefficient (Wildman–Crippen LogP) is 1.71. The average Bonchev–Trinajstić information content (AvgIpc) is 3.15. The lowest BCUT2D eigenvalue weighted by atomic mass is 10.00. The second kappa shape index (κ2) is 7.38. The van der Waals surface area contributed by atoms with E-state index in [1.54, 1.807) is 22.1 Å². The van der Waals surface area contributed by atoms with Crippen molar-refractivity contribution in [2.75, 3.05) is 32.8 Å². The minimum Gasteiger partial charge on any atom is -0.381 e. The molecule has 8 heteroatoms. The third kappa shape index (κ3) is 3.64. The molecule has 2 unspecified atom stereocenters. The number of ether oxygens (including phenoxy) is 1. The summed E-state index contributed by atoms with van der Waals surface area (Å²) in [6.45, 7) is 4.18. The lowest BCUT2D eigenvalue weighted by Gasteiger charge is -2.25. The molecule has 7 nitrogen and oxygen atoms in total. The second-order valence-electron chi connectivity index (χ2n) is 9.28. The Bertz CT molecular complexity index is 799. The highest BCUT2D eigenvalue weighted by Crippen LogP contribution is 2.42. The molecule has 2 atom stereocenters. The van der Waals surface area contributed by atoms with Crippen molar-refractivity contribution in [2.24, 2.45) is 24.8 Å². The van der Waals surface area contributed by atoms with Gasteiger partial charge in [0.05, 0.1) is 5.69 Å². The molecule has 156 valence electrons. The zero-order valence-electron chi connectivity index (χ0n) is 16.7. The van der Waals surface area contributed by atoms with E-state index in [0.717, 1.165) is 69.9 Å². The Labute approximate surface area is 167 Å². The number of rotatable bonds is 6. The molecule has 1 N–H and O–H groups in total. The van der Waals surface area contributed by atoms with Gasteiger partial charge < -0.3 is 10.1 Å². The first-order chi connectivity index (χ1) is 13.5. The number of nitrogens with zero attached hydrogens (tertiary/aromatic N) is 3. The molecule has 2 aliphatic carbocycles. The molecule has 4 fully saturated rings. The SMILES string of the molecule is Cn1nc(C2CC2)cc1S(=O)(=O)N1CC2CC(NCC3CCOCC3)CC2C1. The third-order valence-corrected chi connectivity index (χ3v) is 9.10. The van der Waals surface area contributed by atoms with Gasteiger partial charge in [0.2, 0.25) is 0 Å². The van der Waals surface area contributed by atoms with Crippen LogP contribution in [0, 0.1) is 17.8 Å². The molecular formula is C20H32N4O3S. The van der Waals surface area contributed by atoms with E-state index in [0.29, 0.717) is 41.9 Å². The Morgan fingerprint density at radius 3 is 2.46 bits per heavy atom. The highest BCUT2D eigenvalue weighted by atomic mass is 32.2. The molecule has 4 aliphatic rings. The Morgan fingerprint density at radius 1 is 1.14 bits per heavy atom. The maximum absolute atomic E-state index is 13.2. The molecular weight excluding hydrogens is 376 g/mol. The van der Waals surface area contributed by atoms with E-state index in [1.165, 1.54) is 0 Å². The van der Waals surface area contributed by atoms with Crippen molar-refractivity contribution in [1.82, 2.24) is 19.4 Å². The first-order valence-electron chi connectivity index (χ1n) is 10.9. The average molecular weight is 409 g/mol. The van der Waals surface area contributed by atoms with Gasteiger partial charge in [0.15, 0.2) is 5.03 Å². The number of nitrogens with one attached hydrogen (secondary N) is 1. The summed E-state index contributed by atoms with van der Waals surface area (Å²) in [5, 5.41) is 8.58. The van der Waals surface area contributed by atoms with Gasteiger partial charge in [0.1, 0.15) is 0 Å². The van der Waals surface area contributed by atoms with Crippen LogP contribution in [-0.2, 0) is 21.8 Å². The largest absolute Gasteiger partial charge is 0.381 e. The normalized spacial score (nSPS) is 32.1. The monoisotopic (exact) mass is 408 g/mol. The molecule has 0 radical (unpaired) electrons. The van der Waals surface area contributed by atoms with Gasteiger partial charge in [-0.05, 0) is 62.8 Å². The van der Waals surface area contributed by atoms with Crippen LogP contribution in [0.1, 0.15) is 50.1 Å². The maximum atomic E-state index is 13.2. The highest BCUT2D eigenvalue weighted by molar-refractivity contribution is 7.89. The molecule has 1 aromatic rings. The molecule has 2 saturated heterocycles. The van der Waals surface area contributed by atoms with Crippen LogP contribution < -0.4 is 5.32 Å². The third-order valence-electron chi connectivity index (χ3n) is 7.21. The number of aryl methyl sites for hydroxylation is 1. The quantitative estimate of drug-likeness (QED) is 0.776. The summed E-state index contributed by atoms with van der Waals surface area (Å²) in [5.74, 6) is 2.17. The molecule has 5 rings (SSSR count). The number of sulfonamides is 1. The van der Waals surface area contributed by atoms with E-state index in [-0.39, 0.29) is 0 Å². The van der Waals surface area contributed by atoms with Crippen LogP contribution in [-0.4, -0.2) is 61.4 Å². The van der Waals surface area contributed by atoms with E-state index >= 15 is 0 Å². The van der Waals surface area contributed by atoms with Crippen molar-refractivity contribution in [3.8, 4) is 0 Å². The summed E-state index contributed by atoms with van der Waals surface area (Å²) in [5.41, 5.74) is 0.942. The molecule has 2 saturated carbocycles. The van der Waals surface area contributed by atoms with Crippen molar-refractivity contribution in [3.63, 3.8) is 0 Å². The van der Waals surface area contributed by atoms with Crippen LogP contribution in [0.5, 0.6) is 0 Å². The van der Waals surface area contributed by atoms with E-state index in [9.17, 15) is 8.42 Å². The zero-order valence-corrected chi connectivity index (χ0v) is 17.5. The van der Waals surface area contributed by atoms with Crippen molar-refractivity contribution < 1.29 is 13.2 Å². The van der Waals surface area contributed by atoms with Gasteiger partial charge in [0.25, 0.3) is 10.0 Å². The summed E-state index contributed by atoms with van der Waals surface area (Å²) in [6, 6.07) is 2.35. The Balaban J connectivity index is 1.18. The van der Waals surface area contributed by atoms with Crippen molar-refractivity contribution in [3.05, 3.63) is 11.8 Å². The van der Waals surface area contributed by atoms with Crippen LogP contribution in [0.4, 0.5) is 0 Å². The number of hydrogen-bond donors (Lipinski definition) is 1. The molecule has 0 bridgehead atoms. The van der Waals surface area contributed by atoms with E-state index in [1.807, 2.05) is 0 Å². The molecule has 0 spiro atoms. The Morgan fingerprint density at radius 2 is 1.82 bits per heavy atom. The Hall–Kier alpha value is -0.960. The van der Waals surface area contributed by atoms with E-state index in [4.69, 9.17) is 4.74 Å². The summed E-state index contributed by atoms with van der Waals surface area (Å²) < 4.78 is 35.1. The smallest absolute Gasteiger partial charge is 0.260 e. The number of fused-ring (bicyclic) bond motifs is 1. The number of aromatic nitrogens is 2. The summed E-state index contributed by atoms with van der Waals surface area (Å²) >= 11 is 0. The second-order valence-corrected chi connectivity index (χ2v) is 11.2. The minimum absolute atomic E-state index is 0.364. The lowest BCUT2D eigenvalue weighted by molar-refractivity contribution is 0.0654. The minimum atomic E-state index is -3.44. The fourth-order valence-corrected chi connectivity index (χ4v) is 7.01. The molecule has 3 heterocycles. The van der Waals surface area contributed by atoms with Gasteiger partial charge >= 0.3 is 0 Å². The lowest BCUT2D eigenvalue weighted by Crippen LogP contribution is -2.36. The summed E-state index contributed by atoms with van der Waals surface area (Å²) in [6.07, 6.45) is 6.77. The van der Waals surface area contributed by atoms with E-state index in [2.05, 4.69) is 10.4 Å². The molecule has 0 aromatic carbocycles. The molecule has 1 aromatic heterocycles. The van der Waals surface area contributed by atoms with E-state index < -0.39 is 10.0 Å². The van der Waals surface area contributed by atoms with Crippen LogP contribution in [0.3, 0.4) is 0 Å². The van der Waals surface area contributed by atoms with Crippen molar-refractivity contribution in [2.45, 2.75) is 55.5 Å². The Kier molecular flexibility index (Phi) is 5.01. The molecule has 0 amide bonds. The fourth-order valence-electron chi connectivity index (χ4n) is 5.33.